The number of nitriles is 1. The van der Waals surface area contributed by atoms with Gasteiger partial charge in [0.2, 0.25) is 5.88 Å². The zero-order valence-corrected chi connectivity index (χ0v) is 15.6. The van der Waals surface area contributed by atoms with Crippen LogP contribution in [0.1, 0.15) is 15.9 Å². The van der Waals surface area contributed by atoms with Gasteiger partial charge >= 0.3 is 0 Å². The second-order valence-electron chi connectivity index (χ2n) is 6.27. The maximum absolute atomic E-state index is 13.5. The van der Waals surface area contributed by atoms with Gasteiger partial charge in [0.1, 0.15) is 12.4 Å². The van der Waals surface area contributed by atoms with Crippen LogP contribution in [0.2, 0.25) is 0 Å². The van der Waals surface area contributed by atoms with Crippen molar-refractivity contribution in [1.29, 1.82) is 5.26 Å². The predicted octanol–water partition coefficient (Wildman–Crippen LogP) is 2.61. The summed E-state index contributed by atoms with van der Waals surface area (Å²) >= 11 is 0. The number of amides is 1. The number of halogens is 1. The monoisotopic (exact) mass is 402 g/mol. The fraction of sp³-hybridized carbons (Fsp3) is 0.0952. The molecule has 0 bridgehead atoms. The zero-order valence-electron chi connectivity index (χ0n) is 15.6. The van der Waals surface area contributed by atoms with E-state index in [0.29, 0.717) is 34.0 Å². The molecule has 2 aromatic carbocycles. The Morgan fingerprint density at radius 1 is 1.13 bits per heavy atom. The molecule has 2 heterocycles. The SMILES string of the molecule is N#Cc1ccc(C(=O)NCCOc2ccc3nnc(-c4cccc(F)c4)n3n2)cc1. The van der Waals surface area contributed by atoms with Crippen LogP contribution in [0.5, 0.6) is 5.88 Å². The first-order valence-corrected chi connectivity index (χ1v) is 9.03. The highest BCUT2D eigenvalue weighted by molar-refractivity contribution is 5.94. The molecule has 0 saturated heterocycles. The first kappa shape index (κ1) is 19.0. The Balaban J connectivity index is 1.39. The van der Waals surface area contributed by atoms with Gasteiger partial charge in [-0.2, -0.15) is 9.78 Å². The minimum Gasteiger partial charge on any atom is -0.475 e. The van der Waals surface area contributed by atoms with E-state index in [1.165, 1.54) is 16.6 Å². The van der Waals surface area contributed by atoms with Crippen molar-refractivity contribution in [3.8, 4) is 23.3 Å². The van der Waals surface area contributed by atoms with Crippen molar-refractivity contribution in [3.63, 3.8) is 0 Å². The fourth-order valence-electron chi connectivity index (χ4n) is 2.77. The number of fused-ring (bicyclic) bond motifs is 1. The molecule has 148 valence electrons. The van der Waals surface area contributed by atoms with Gasteiger partial charge in [0.15, 0.2) is 11.5 Å². The third-order valence-electron chi connectivity index (χ3n) is 4.23. The largest absolute Gasteiger partial charge is 0.475 e. The molecule has 1 amide bonds. The summed E-state index contributed by atoms with van der Waals surface area (Å²) in [6.07, 6.45) is 0. The molecule has 30 heavy (non-hydrogen) atoms. The molecule has 9 heteroatoms. The highest BCUT2D eigenvalue weighted by Gasteiger charge is 2.11. The number of ether oxygens (including phenoxy) is 1. The number of benzene rings is 2. The summed E-state index contributed by atoms with van der Waals surface area (Å²) < 4.78 is 20.6. The Kier molecular flexibility index (Phi) is 5.30. The van der Waals surface area contributed by atoms with E-state index in [2.05, 4.69) is 20.6 Å². The average Bonchev–Trinajstić information content (AvgIpc) is 3.20. The number of carbonyl (C=O) groups excluding carboxylic acids is 1. The molecule has 4 rings (SSSR count). The van der Waals surface area contributed by atoms with Crippen molar-refractivity contribution in [2.45, 2.75) is 0 Å². The summed E-state index contributed by atoms with van der Waals surface area (Å²) in [6, 6.07) is 17.7. The molecule has 0 radical (unpaired) electrons. The number of rotatable bonds is 6. The van der Waals surface area contributed by atoms with E-state index in [9.17, 15) is 9.18 Å². The second kappa shape index (κ2) is 8.36. The first-order chi connectivity index (χ1) is 14.6. The molecule has 0 unspecified atom stereocenters. The second-order valence-corrected chi connectivity index (χ2v) is 6.27. The van der Waals surface area contributed by atoms with Crippen LogP contribution in [0.4, 0.5) is 4.39 Å². The van der Waals surface area contributed by atoms with Gasteiger partial charge in [-0.1, -0.05) is 12.1 Å². The Bertz CT molecular complexity index is 1250. The lowest BCUT2D eigenvalue weighted by molar-refractivity contribution is 0.0946. The molecule has 0 aliphatic heterocycles. The number of hydrogen-bond donors (Lipinski definition) is 1. The lowest BCUT2D eigenvalue weighted by Gasteiger charge is -2.08. The van der Waals surface area contributed by atoms with Crippen LogP contribution in [0.25, 0.3) is 17.0 Å². The molecule has 1 N–H and O–H groups in total. The van der Waals surface area contributed by atoms with E-state index < -0.39 is 0 Å². The van der Waals surface area contributed by atoms with E-state index in [1.54, 1.807) is 48.5 Å². The molecule has 0 spiro atoms. The Hall–Kier alpha value is -4.32. The van der Waals surface area contributed by atoms with Crippen LogP contribution < -0.4 is 10.1 Å². The molecule has 0 fully saturated rings. The topological polar surface area (TPSA) is 105 Å². The maximum atomic E-state index is 13.5. The van der Waals surface area contributed by atoms with Crippen LogP contribution >= 0.6 is 0 Å². The Morgan fingerprint density at radius 2 is 1.97 bits per heavy atom. The first-order valence-electron chi connectivity index (χ1n) is 9.03. The van der Waals surface area contributed by atoms with Crippen molar-refractivity contribution in [2.75, 3.05) is 13.2 Å². The van der Waals surface area contributed by atoms with E-state index in [4.69, 9.17) is 10.00 Å². The van der Waals surface area contributed by atoms with Gasteiger partial charge in [-0.3, -0.25) is 4.79 Å². The molecule has 0 atom stereocenters. The van der Waals surface area contributed by atoms with Crippen molar-refractivity contribution in [1.82, 2.24) is 25.1 Å². The van der Waals surface area contributed by atoms with Crippen LogP contribution in [-0.4, -0.2) is 38.9 Å². The van der Waals surface area contributed by atoms with Crippen LogP contribution in [0, 0.1) is 17.1 Å². The third-order valence-corrected chi connectivity index (χ3v) is 4.23. The molecule has 4 aromatic rings. The summed E-state index contributed by atoms with van der Waals surface area (Å²) in [5.74, 6) is 0.0602. The van der Waals surface area contributed by atoms with Crippen LogP contribution in [-0.2, 0) is 0 Å². The van der Waals surface area contributed by atoms with Crippen molar-refractivity contribution in [3.05, 3.63) is 77.6 Å². The Morgan fingerprint density at radius 3 is 2.73 bits per heavy atom. The summed E-state index contributed by atoms with van der Waals surface area (Å²) in [6.45, 7) is 0.454. The molecular formula is C21H15FN6O2. The normalized spacial score (nSPS) is 10.5. The van der Waals surface area contributed by atoms with Crippen molar-refractivity contribution >= 4 is 11.6 Å². The maximum Gasteiger partial charge on any atom is 0.251 e. The Labute approximate surface area is 170 Å². The smallest absolute Gasteiger partial charge is 0.251 e. The lowest BCUT2D eigenvalue weighted by Crippen LogP contribution is -2.28. The predicted molar refractivity (Wildman–Crippen MR) is 105 cm³/mol. The van der Waals surface area contributed by atoms with E-state index >= 15 is 0 Å². The van der Waals surface area contributed by atoms with Gasteiger partial charge < -0.3 is 10.1 Å². The molecule has 2 aromatic heterocycles. The highest BCUT2D eigenvalue weighted by atomic mass is 19.1. The van der Waals surface area contributed by atoms with Gasteiger partial charge in [0, 0.05) is 17.2 Å². The van der Waals surface area contributed by atoms with Crippen LogP contribution in [0.3, 0.4) is 0 Å². The number of carbonyl (C=O) groups is 1. The summed E-state index contributed by atoms with van der Waals surface area (Å²) in [5, 5.41) is 24.0. The highest BCUT2D eigenvalue weighted by Crippen LogP contribution is 2.19. The number of nitrogens with zero attached hydrogens (tertiary/aromatic N) is 5. The molecule has 0 aliphatic carbocycles. The third kappa shape index (κ3) is 4.07. The quantitative estimate of drug-likeness (QED) is 0.497. The van der Waals surface area contributed by atoms with Crippen molar-refractivity contribution < 1.29 is 13.9 Å². The minimum atomic E-state index is -0.380. The van der Waals surface area contributed by atoms with Gasteiger partial charge in [-0.05, 0) is 42.5 Å². The fourth-order valence-corrected chi connectivity index (χ4v) is 2.77. The van der Waals surface area contributed by atoms with Gasteiger partial charge in [-0.15, -0.1) is 15.3 Å². The van der Waals surface area contributed by atoms with E-state index in [0.717, 1.165) is 0 Å². The van der Waals surface area contributed by atoms with Crippen LogP contribution in [0.15, 0.2) is 60.7 Å². The van der Waals surface area contributed by atoms with Crippen molar-refractivity contribution in [2.24, 2.45) is 0 Å². The molecule has 0 saturated carbocycles. The molecular weight excluding hydrogens is 387 g/mol. The zero-order chi connectivity index (χ0) is 20.9. The number of nitrogens with one attached hydrogen (secondary N) is 1. The standard InChI is InChI=1S/C21H15FN6O2/c22-17-3-1-2-16(12-17)20-26-25-18-8-9-19(27-28(18)20)30-11-10-24-21(29)15-6-4-14(13-23)5-7-15/h1-9,12H,10-11H2,(H,24,29). The summed E-state index contributed by atoms with van der Waals surface area (Å²) in [7, 11) is 0. The lowest BCUT2D eigenvalue weighted by atomic mass is 10.1. The van der Waals surface area contributed by atoms with E-state index in [1.807, 2.05) is 6.07 Å². The van der Waals surface area contributed by atoms with E-state index in [-0.39, 0.29) is 24.9 Å². The van der Waals surface area contributed by atoms with Gasteiger partial charge in [-0.25, -0.2) is 4.39 Å². The number of aromatic nitrogens is 4. The summed E-state index contributed by atoms with van der Waals surface area (Å²) in [4.78, 5) is 12.1. The molecule has 0 aliphatic rings. The molecule has 8 nitrogen and oxygen atoms in total. The average molecular weight is 402 g/mol. The van der Waals surface area contributed by atoms with Gasteiger partial charge in [0.25, 0.3) is 5.91 Å². The minimum absolute atomic E-state index is 0.192. The van der Waals surface area contributed by atoms with Gasteiger partial charge in [0.05, 0.1) is 18.2 Å². The summed E-state index contributed by atoms with van der Waals surface area (Å²) in [5.41, 5.74) is 1.98. The number of hydrogen-bond acceptors (Lipinski definition) is 6.